The third-order valence-corrected chi connectivity index (χ3v) is 9.26. The molecule has 2 heterocycles. The van der Waals surface area contributed by atoms with Crippen molar-refractivity contribution in [2.45, 2.75) is 79.1 Å². The van der Waals surface area contributed by atoms with Gasteiger partial charge < -0.3 is 4.98 Å². The Labute approximate surface area is 308 Å². The third kappa shape index (κ3) is 7.40. The smallest absolute Gasteiger partial charge is 0.269 e. The molecule has 0 fully saturated rings. The Hall–Kier alpha value is -4.15. The van der Waals surface area contributed by atoms with E-state index in [9.17, 15) is 0 Å². The van der Waals surface area contributed by atoms with Crippen molar-refractivity contribution in [2.24, 2.45) is 0 Å². The van der Waals surface area contributed by atoms with Crippen molar-refractivity contribution in [1.82, 2.24) is 9.55 Å². The van der Waals surface area contributed by atoms with E-state index >= 15 is 0 Å². The van der Waals surface area contributed by atoms with E-state index in [4.69, 9.17) is 0 Å². The Kier molecular flexibility index (Phi) is 11.5. The molecular formula is C45H48AuN3-. The van der Waals surface area contributed by atoms with Crippen LogP contribution in [0.2, 0.25) is 0 Å². The standard InChI is InChI=1S/C33H40N2.C12H8N.Au/c1-22(2)27-16-12-17-28(23(3)4)32(27)34-20-31(26-14-10-9-11-15-26)35(21-34)33-29(24(5)6)18-13-19-30(33)25(7)8;1-3-7-11-9(5-1)10-6-2-4-8-12(10)13-11;/h9-20,22-25H,1-8H3;1-8H;/q;-1;. The third-order valence-electron chi connectivity index (χ3n) is 9.26. The molecular weight excluding hydrogens is 779 g/mol. The maximum Gasteiger partial charge on any atom is 0.269 e. The fourth-order valence-corrected chi connectivity index (χ4v) is 6.76. The van der Waals surface area contributed by atoms with Gasteiger partial charge in [-0.2, -0.15) is 0 Å². The minimum atomic E-state index is 0. The molecule has 0 saturated heterocycles. The Morgan fingerprint density at radius 3 is 1.41 bits per heavy atom. The molecule has 0 spiro atoms. The van der Waals surface area contributed by atoms with Crippen LogP contribution in [0.25, 0.3) is 44.4 Å². The van der Waals surface area contributed by atoms with Crippen molar-refractivity contribution in [3.8, 4) is 22.6 Å². The second-order valence-electron chi connectivity index (χ2n) is 14.0. The fourth-order valence-electron chi connectivity index (χ4n) is 6.76. The molecule has 0 amide bonds. The topological polar surface area (TPSA) is 22.9 Å². The molecule has 0 aliphatic carbocycles. The largest absolute Gasteiger partial charge is 0.657 e. The molecule has 0 atom stereocenters. The summed E-state index contributed by atoms with van der Waals surface area (Å²) in [4.78, 5) is 4.52. The molecule has 1 radical (unpaired) electrons. The average molecular weight is 828 g/mol. The van der Waals surface area contributed by atoms with Gasteiger partial charge >= 0.3 is 0 Å². The summed E-state index contributed by atoms with van der Waals surface area (Å²) in [5, 5.41) is 2.50. The molecule has 3 nitrogen and oxygen atoms in total. The number of hydrogen-bond acceptors (Lipinski definition) is 0. The molecule has 0 unspecified atom stereocenters. The minimum absolute atomic E-state index is 0. The SMILES string of the molecule is CC(C)c1cccc(C(C)C)c1-n1[c-][n+](-c2c(C(C)C)cccc2C(C)C)c(-c2ccccc2)c1.[Au].c1ccc2c(c1)[n-]c1ccccc12. The van der Waals surface area contributed by atoms with Crippen molar-refractivity contribution in [1.29, 1.82) is 0 Å². The van der Waals surface area contributed by atoms with Crippen molar-refractivity contribution in [3.63, 3.8) is 0 Å². The van der Waals surface area contributed by atoms with Crippen LogP contribution in [0.1, 0.15) is 101 Å². The van der Waals surface area contributed by atoms with Gasteiger partial charge in [0.25, 0.3) is 6.33 Å². The van der Waals surface area contributed by atoms with Gasteiger partial charge in [0.05, 0.1) is 17.1 Å². The van der Waals surface area contributed by atoms with Gasteiger partial charge in [-0.15, -0.1) is 11.0 Å². The quantitative estimate of drug-likeness (QED) is 0.0892. The minimum Gasteiger partial charge on any atom is -0.657 e. The van der Waals surface area contributed by atoms with Gasteiger partial charge in [-0.05, 0) is 62.3 Å². The second kappa shape index (κ2) is 15.6. The number of para-hydroxylation sites is 4. The molecule has 0 bridgehead atoms. The zero-order valence-electron chi connectivity index (χ0n) is 30.0. The molecule has 0 aliphatic heterocycles. The molecule has 255 valence electrons. The number of rotatable bonds is 7. The second-order valence-corrected chi connectivity index (χ2v) is 14.0. The van der Waals surface area contributed by atoms with Gasteiger partial charge in [-0.3, -0.25) is 9.13 Å². The van der Waals surface area contributed by atoms with Crippen LogP contribution < -0.4 is 9.55 Å². The molecule has 7 rings (SSSR count). The van der Waals surface area contributed by atoms with Crippen LogP contribution in [-0.2, 0) is 22.4 Å². The monoisotopic (exact) mass is 827 g/mol. The Balaban J connectivity index is 0.000000277. The zero-order valence-corrected chi connectivity index (χ0v) is 32.2. The van der Waals surface area contributed by atoms with Gasteiger partial charge in [0.2, 0.25) is 0 Å². The average Bonchev–Trinajstić information content (AvgIpc) is 3.70. The van der Waals surface area contributed by atoms with Crippen molar-refractivity contribution >= 4 is 21.8 Å². The van der Waals surface area contributed by atoms with Gasteiger partial charge in [0, 0.05) is 28.6 Å². The molecule has 0 N–H and O–H groups in total. The normalized spacial score (nSPS) is 11.4. The Morgan fingerprint density at radius 2 is 0.939 bits per heavy atom. The molecule has 0 saturated carbocycles. The summed E-state index contributed by atoms with van der Waals surface area (Å²) in [5.41, 5.74) is 12.5. The summed E-state index contributed by atoms with van der Waals surface area (Å²) < 4.78 is 4.58. The summed E-state index contributed by atoms with van der Waals surface area (Å²) >= 11 is 0. The van der Waals surface area contributed by atoms with Crippen LogP contribution in [0.3, 0.4) is 0 Å². The van der Waals surface area contributed by atoms with E-state index in [2.05, 4.69) is 185 Å². The first-order valence-electron chi connectivity index (χ1n) is 17.4. The van der Waals surface area contributed by atoms with Gasteiger partial charge in [-0.1, -0.05) is 171 Å². The maximum atomic E-state index is 4.52. The maximum absolute atomic E-state index is 4.52. The van der Waals surface area contributed by atoms with Crippen molar-refractivity contribution < 1.29 is 26.9 Å². The summed E-state index contributed by atoms with van der Waals surface area (Å²) in [6, 6.07) is 40.7. The molecule has 49 heavy (non-hydrogen) atoms. The molecule has 2 aromatic heterocycles. The van der Waals surface area contributed by atoms with Crippen LogP contribution in [0, 0.1) is 6.33 Å². The van der Waals surface area contributed by atoms with Crippen molar-refractivity contribution in [3.05, 3.63) is 150 Å². The van der Waals surface area contributed by atoms with Crippen LogP contribution in [0.4, 0.5) is 0 Å². The van der Waals surface area contributed by atoms with E-state index in [1.165, 1.54) is 50.0 Å². The first kappa shape index (κ1) is 36.1. The first-order valence-corrected chi connectivity index (χ1v) is 17.4. The van der Waals surface area contributed by atoms with Crippen LogP contribution in [-0.4, -0.2) is 4.57 Å². The first-order chi connectivity index (χ1) is 23.2. The number of fused-ring (bicyclic) bond motifs is 3. The van der Waals surface area contributed by atoms with E-state index < -0.39 is 0 Å². The van der Waals surface area contributed by atoms with E-state index in [0.29, 0.717) is 23.7 Å². The predicted molar refractivity (Wildman–Crippen MR) is 203 cm³/mol. The van der Waals surface area contributed by atoms with Crippen LogP contribution in [0.15, 0.2) is 121 Å². The van der Waals surface area contributed by atoms with Gasteiger partial charge in [0.15, 0.2) is 0 Å². The number of aromatic nitrogens is 3. The zero-order chi connectivity index (χ0) is 33.9. The Bertz CT molecular complexity index is 2040. The molecule has 4 heteroatoms. The number of nitrogens with zero attached hydrogens (tertiary/aromatic N) is 3. The predicted octanol–water partition coefficient (Wildman–Crippen LogP) is 11.7. The van der Waals surface area contributed by atoms with Crippen molar-refractivity contribution in [2.75, 3.05) is 0 Å². The fraction of sp³-hybridized carbons (Fsp3) is 0.267. The van der Waals surface area contributed by atoms with Crippen LogP contribution >= 0.6 is 0 Å². The summed E-state index contributed by atoms with van der Waals surface area (Å²) in [6.45, 7) is 18.3. The van der Waals surface area contributed by atoms with E-state index in [0.717, 1.165) is 16.7 Å². The van der Waals surface area contributed by atoms with E-state index in [1.54, 1.807) is 0 Å². The van der Waals surface area contributed by atoms with E-state index in [1.807, 2.05) is 12.1 Å². The number of imidazole rings is 1. The van der Waals surface area contributed by atoms with E-state index in [-0.39, 0.29) is 22.4 Å². The summed E-state index contributed by atoms with van der Waals surface area (Å²) in [5.74, 6) is 1.65. The molecule has 7 aromatic rings. The molecule has 5 aromatic carbocycles. The van der Waals surface area contributed by atoms with Gasteiger partial charge in [-0.25, -0.2) is 0 Å². The molecule has 0 aliphatic rings. The number of hydrogen-bond donors (Lipinski definition) is 0. The van der Waals surface area contributed by atoms with Gasteiger partial charge in [0.1, 0.15) is 0 Å². The summed E-state index contributed by atoms with van der Waals surface area (Å²) in [7, 11) is 0. The summed E-state index contributed by atoms with van der Waals surface area (Å²) in [6.07, 6.45) is 6.11. The Morgan fingerprint density at radius 1 is 0.510 bits per heavy atom. The number of benzene rings is 5. The van der Waals surface area contributed by atoms with Crippen LogP contribution in [0.5, 0.6) is 0 Å².